The summed E-state index contributed by atoms with van der Waals surface area (Å²) in [5.74, 6) is 0. The van der Waals surface area contributed by atoms with Crippen LogP contribution in [0, 0.1) is 11.3 Å². The summed E-state index contributed by atoms with van der Waals surface area (Å²) in [5.41, 5.74) is 1.89. The lowest BCUT2D eigenvalue weighted by molar-refractivity contribution is 1.22. The number of hydrogen-bond acceptors (Lipinski definition) is 2. The van der Waals surface area contributed by atoms with Crippen LogP contribution in [0.25, 0.3) is 0 Å². The van der Waals surface area contributed by atoms with Gasteiger partial charge in [-0.1, -0.05) is 24.3 Å². The predicted molar refractivity (Wildman–Crippen MR) is 58.3 cm³/mol. The summed E-state index contributed by atoms with van der Waals surface area (Å²) in [6, 6.07) is 14.1. The summed E-state index contributed by atoms with van der Waals surface area (Å²) in [5, 5.41) is 11.0. The van der Waals surface area contributed by atoms with Crippen LogP contribution in [0.15, 0.2) is 41.8 Å². The molecule has 0 atom stereocenters. The van der Waals surface area contributed by atoms with Gasteiger partial charge in [0, 0.05) is 11.3 Å². The highest BCUT2D eigenvalue weighted by molar-refractivity contribution is 7.09. The van der Waals surface area contributed by atoms with Crippen LogP contribution in [0.1, 0.15) is 16.0 Å². The third-order valence-corrected chi connectivity index (χ3v) is 2.96. The zero-order chi connectivity index (χ0) is 9.80. The van der Waals surface area contributed by atoms with E-state index >= 15 is 0 Å². The second-order valence-corrected chi connectivity index (χ2v) is 4.06. The molecule has 0 bridgehead atoms. The lowest BCUT2D eigenvalue weighted by atomic mass is 10.1. The Bertz CT molecular complexity index is 451. The highest BCUT2D eigenvalue weighted by Gasteiger charge is 2.01. The molecule has 2 rings (SSSR count). The van der Waals surface area contributed by atoms with Gasteiger partial charge in [-0.05, 0) is 23.1 Å². The first-order valence-corrected chi connectivity index (χ1v) is 5.28. The maximum atomic E-state index is 8.90. The van der Waals surface area contributed by atoms with E-state index in [1.54, 1.807) is 11.3 Å². The lowest BCUT2D eigenvalue weighted by Crippen LogP contribution is -1.89. The molecule has 68 valence electrons. The van der Waals surface area contributed by atoms with E-state index in [0.29, 0.717) is 0 Å². The van der Waals surface area contributed by atoms with E-state index in [2.05, 4.69) is 17.5 Å². The van der Waals surface area contributed by atoms with E-state index in [-0.39, 0.29) is 0 Å². The quantitative estimate of drug-likeness (QED) is 0.728. The van der Waals surface area contributed by atoms with E-state index < -0.39 is 0 Å². The number of nitrogens with zero attached hydrogens (tertiary/aromatic N) is 1. The minimum atomic E-state index is 0.779. The van der Waals surface area contributed by atoms with Crippen LogP contribution in [-0.2, 0) is 6.42 Å². The van der Waals surface area contributed by atoms with Gasteiger partial charge in [0.2, 0.25) is 0 Å². The Balaban J connectivity index is 2.30. The summed E-state index contributed by atoms with van der Waals surface area (Å²) >= 11 is 1.73. The molecule has 1 heterocycles. The summed E-state index contributed by atoms with van der Waals surface area (Å²) in [7, 11) is 0. The van der Waals surface area contributed by atoms with Gasteiger partial charge in [-0.3, -0.25) is 0 Å². The smallest absolute Gasteiger partial charge is 0.0994 e. The third kappa shape index (κ3) is 1.84. The number of nitriles is 1. The molecule has 0 aliphatic carbocycles. The van der Waals surface area contributed by atoms with Crippen LogP contribution in [-0.4, -0.2) is 0 Å². The molecule has 1 aromatic carbocycles. The molecule has 2 aromatic rings. The molecule has 0 spiro atoms. The van der Waals surface area contributed by atoms with Gasteiger partial charge < -0.3 is 0 Å². The number of rotatable bonds is 2. The molecule has 0 saturated carbocycles. The highest BCUT2D eigenvalue weighted by Crippen LogP contribution is 2.17. The summed E-state index contributed by atoms with van der Waals surface area (Å²) in [6.07, 6.45) is 0.862. The highest BCUT2D eigenvalue weighted by atomic mass is 32.1. The topological polar surface area (TPSA) is 23.8 Å². The van der Waals surface area contributed by atoms with Gasteiger partial charge in [-0.15, -0.1) is 11.3 Å². The number of benzene rings is 1. The minimum Gasteiger partial charge on any atom is -0.192 e. The van der Waals surface area contributed by atoms with Crippen molar-refractivity contribution < 1.29 is 0 Å². The zero-order valence-corrected chi connectivity index (χ0v) is 8.42. The molecule has 0 radical (unpaired) electrons. The molecule has 0 saturated heterocycles. The number of thiophene rings is 1. The van der Waals surface area contributed by atoms with Crippen LogP contribution in [0.4, 0.5) is 0 Å². The zero-order valence-electron chi connectivity index (χ0n) is 7.60. The Hall–Kier alpha value is -1.59. The van der Waals surface area contributed by atoms with E-state index in [9.17, 15) is 0 Å². The molecule has 0 amide bonds. The van der Waals surface area contributed by atoms with Crippen molar-refractivity contribution in [2.45, 2.75) is 6.42 Å². The van der Waals surface area contributed by atoms with Gasteiger partial charge in [0.1, 0.15) is 0 Å². The van der Waals surface area contributed by atoms with Crippen molar-refractivity contribution in [3.05, 3.63) is 57.8 Å². The van der Waals surface area contributed by atoms with Crippen molar-refractivity contribution in [2.24, 2.45) is 0 Å². The normalized spacial score (nSPS) is 9.64. The van der Waals surface area contributed by atoms with Crippen LogP contribution in [0.5, 0.6) is 0 Å². The lowest BCUT2D eigenvalue weighted by Gasteiger charge is -2.00. The molecule has 0 fully saturated rings. The Morgan fingerprint density at radius 2 is 2.00 bits per heavy atom. The molecule has 0 aliphatic rings. The van der Waals surface area contributed by atoms with Crippen molar-refractivity contribution in [1.82, 2.24) is 0 Å². The SMILES string of the molecule is N#Cc1ccccc1Cc1cccs1. The third-order valence-electron chi connectivity index (χ3n) is 2.08. The van der Waals surface area contributed by atoms with Gasteiger partial charge in [0.15, 0.2) is 0 Å². The van der Waals surface area contributed by atoms with Crippen molar-refractivity contribution in [3.63, 3.8) is 0 Å². The molecule has 14 heavy (non-hydrogen) atoms. The predicted octanol–water partition coefficient (Wildman–Crippen LogP) is 3.21. The molecular formula is C12H9NS. The first-order valence-electron chi connectivity index (χ1n) is 4.40. The van der Waals surface area contributed by atoms with Gasteiger partial charge >= 0.3 is 0 Å². The average Bonchev–Trinajstić information content (AvgIpc) is 2.71. The largest absolute Gasteiger partial charge is 0.192 e. The maximum Gasteiger partial charge on any atom is 0.0994 e. The fraction of sp³-hybridized carbons (Fsp3) is 0.0833. The molecular weight excluding hydrogens is 190 g/mol. The monoisotopic (exact) mass is 199 g/mol. The standard InChI is InChI=1S/C12H9NS/c13-9-11-5-2-1-4-10(11)8-12-6-3-7-14-12/h1-7H,8H2. The molecule has 1 nitrogen and oxygen atoms in total. The van der Waals surface area contributed by atoms with Crippen LogP contribution in [0.3, 0.4) is 0 Å². The van der Waals surface area contributed by atoms with Crippen molar-refractivity contribution >= 4 is 11.3 Å². The Kier molecular flexibility index (Phi) is 2.62. The second-order valence-electron chi connectivity index (χ2n) is 3.03. The van der Waals surface area contributed by atoms with E-state index in [0.717, 1.165) is 17.5 Å². The Morgan fingerprint density at radius 3 is 2.71 bits per heavy atom. The molecule has 0 aliphatic heterocycles. The van der Waals surface area contributed by atoms with Crippen LogP contribution >= 0.6 is 11.3 Å². The molecule has 2 heteroatoms. The van der Waals surface area contributed by atoms with Gasteiger partial charge in [-0.25, -0.2) is 0 Å². The maximum absolute atomic E-state index is 8.90. The van der Waals surface area contributed by atoms with E-state index in [4.69, 9.17) is 5.26 Å². The van der Waals surface area contributed by atoms with Crippen molar-refractivity contribution in [1.29, 1.82) is 5.26 Å². The summed E-state index contributed by atoms with van der Waals surface area (Å²) in [4.78, 5) is 1.30. The van der Waals surface area contributed by atoms with Crippen molar-refractivity contribution in [2.75, 3.05) is 0 Å². The first kappa shape index (κ1) is 8.98. The van der Waals surface area contributed by atoms with Crippen LogP contribution in [0.2, 0.25) is 0 Å². The Morgan fingerprint density at radius 1 is 1.14 bits per heavy atom. The fourth-order valence-electron chi connectivity index (χ4n) is 1.38. The van der Waals surface area contributed by atoms with E-state index in [1.807, 2.05) is 30.3 Å². The summed E-state index contributed by atoms with van der Waals surface area (Å²) < 4.78 is 0. The van der Waals surface area contributed by atoms with Gasteiger partial charge in [0.25, 0.3) is 0 Å². The minimum absolute atomic E-state index is 0.779. The first-order chi connectivity index (χ1) is 6.90. The van der Waals surface area contributed by atoms with Gasteiger partial charge in [-0.2, -0.15) is 5.26 Å². The molecule has 1 aromatic heterocycles. The van der Waals surface area contributed by atoms with Crippen LogP contribution < -0.4 is 0 Å². The second kappa shape index (κ2) is 4.08. The molecule has 0 unspecified atom stereocenters. The molecule has 0 N–H and O–H groups in total. The fourth-order valence-corrected chi connectivity index (χ4v) is 2.11. The average molecular weight is 199 g/mol. The van der Waals surface area contributed by atoms with Gasteiger partial charge in [0.05, 0.1) is 11.6 Å². The number of hydrogen-bond donors (Lipinski definition) is 0. The summed E-state index contributed by atoms with van der Waals surface area (Å²) in [6.45, 7) is 0. The Labute approximate surface area is 87.3 Å². The van der Waals surface area contributed by atoms with E-state index in [1.165, 1.54) is 4.88 Å². The van der Waals surface area contributed by atoms with Crippen molar-refractivity contribution in [3.8, 4) is 6.07 Å².